The zero-order valence-electron chi connectivity index (χ0n) is 11.8. The van der Waals surface area contributed by atoms with Crippen LogP contribution in [-0.2, 0) is 9.47 Å². The quantitative estimate of drug-likeness (QED) is 0.826. The van der Waals surface area contributed by atoms with Gasteiger partial charge in [-0.05, 0) is 24.3 Å². The number of ether oxygens (including phenoxy) is 2. The van der Waals surface area contributed by atoms with Gasteiger partial charge in [0.2, 0.25) is 0 Å². The number of aliphatic hydroxyl groups is 1. The molecule has 1 aliphatic rings. The van der Waals surface area contributed by atoms with Gasteiger partial charge in [-0.1, -0.05) is 43.5 Å². The molecule has 0 radical (unpaired) electrons. The predicted molar refractivity (Wildman–Crippen MR) is 74.7 cm³/mol. The molecule has 0 spiro atoms. The summed E-state index contributed by atoms with van der Waals surface area (Å²) in [6, 6.07) is 7.88. The fourth-order valence-electron chi connectivity index (χ4n) is 3.05. The van der Waals surface area contributed by atoms with Crippen LogP contribution in [0.4, 0.5) is 0 Å². The highest BCUT2D eigenvalue weighted by molar-refractivity contribution is 5.30. The molecule has 1 N–H and O–H groups in total. The van der Waals surface area contributed by atoms with Gasteiger partial charge in [0, 0.05) is 19.8 Å². The fourth-order valence-corrected chi connectivity index (χ4v) is 3.05. The highest BCUT2D eigenvalue weighted by Gasteiger charge is 2.26. The van der Waals surface area contributed by atoms with Gasteiger partial charge < -0.3 is 14.6 Å². The molecule has 0 aromatic heterocycles. The van der Waals surface area contributed by atoms with Crippen molar-refractivity contribution in [2.75, 3.05) is 14.2 Å². The van der Waals surface area contributed by atoms with Crippen LogP contribution in [0.1, 0.15) is 55.6 Å². The van der Waals surface area contributed by atoms with Gasteiger partial charge in [0.05, 0.1) is 6.10 Å². The van der Waals surface area contributed by atoms with Gasteiger partial charge in [0.1, 0.15) is 0 Å². The van der Waals surface area contributed by atoms with Crippen LogP contribution in [0.5, 0.6) is 0 Å². The van der Waals surface area contributed by atoms with Gasteiger partial charge >= 0.3 is 0 Å². The smallest absolute Gasteiger partial charge is 0.183 e. The maximum Gasteiger partial charge on any atom is 0.183 e. The lowest BCUT2D eigenvalue weighted by Crippen LogP contribution is -2.18. The van der Waals surface area contributed by atoms with Crippen molar-refractivity contribution in [3.8, 4) is 0 Å². The Kier molecular flexibility index (Phi) is 5.37. The highest BCUT2D eigenvalue weighted by Crippen LogP contribution is 2.37. The van der Waals surface area contributed by atoms with E-state index in [2.05, 4.69) is 0 Å². The second-order valence-electron chi connectivity index (χ2n) is 5.28. The van der Waals surface area contributed by atoms with E-state index in [4.69, 9.17) is 9.47 Å². The summed E-state index contributed by atoms with van der Waals surface area (Å²) in [7, 11) is 3.25. The Morgan fingerprint density at radius 2 is 1.58 bits per heavy atom. The number of hydrogen-bond acceptors (Lipinski definition) is 3. The van der Waals surface area contributed by atoms with Crippen molar-refractivity contribution in [1.29, 1.82) is 0 Å². The maximum absolute atomic E-state index is 10.7. The third-order valence-electron chi connectivity index (χ3n) is 4.09. The molecule has 19 heavy (non-hydrogen) atoms. The Hall–Kier alpha value is -0.900. The van der Waals surface area contributed by atoms with Gasteiger partial charge in [0.15, 0.2) is 6.29 Å². The number of methoxy groups -OCH3 is 2. The van der Waals surface area contributed by atoms with Crippen molar-refractivity contribution in [3.05, 3.63) is 35.4 Å². The van der Waals surface area contributed by atoms with E-state index < -0.39 is 12.4 Å². The Labute approximate surface area is 115 Å². The monoisotopic (exact) mass is 264 g/mol. The van der Waals surface area contributed by atoms with Crippen LogP contribution in [0.15, 0.2) is 24.3 Å². The average Bonchev–Trinajstić information content (AvgIpc) is 2.49. The molecule has 1 aromatic carbocycles. The number of benzene rings is 1. The van der Waals surface area contributed by atoms with Crippen molar-refractivity contribution in [2.24, 2.45) is 5.92 Å². The van der Waals surface area contributed by atoms with Crippen molar-refractivity contribution < 1.29 is 14.6 Å². The summed E-state index contributed by atoms with van der Waals surface area (Å²) >= 11 is 0. The third-order valence-corrected chi connectivity index (χ3v) is 4.09. The highest BCUT2D eigenvalue weighted by atomic mass is 16.7. The molecule has 0 saturated heterocycles. The molecular formula is C16H24O3. The van der Waals surface area contributed by atoms with Crippen molar-refractivity contribution >= 4 is 0 Å². The van der Waals surface area contributed by atoms with Gasteiger partial charge in [0.25, 0.3) is 0 Å². The van der Waals surface area contributed by atoms with E-state index in [1.165, 1.54) is 19.3 Å². The summed E-state index contributed by atoms with van der Waals surface area (Å²) < 4.78 is 10.7. The molecule has 106 valence electrons. The minimum atomic E-state index is -0.413. The van der Waals surface area contributed by atoms with Gasteiger partial charge in [-0.3, -0.25) is 0 Å². The SMILES string of the molecule is COC(OC)c1ccccc1C(O)C1CCCCC1. The second kappa shape index (κ2) is 7.04. The van der Waals surface area contributed by atoms with Crippen molar-refractivity contribution in [1.82, 2.24) is 0 Å². The van der Waals surface area contributed by atoms with E-state index in [-0.39, 0.29) is 0 Å². The lowest BCUT2D eigenvalue weighted by Gasteiger charge is -2.29. The zero-order valence-corrected chi connectivity index (χ0v) is 11.8. The first kappa shape index (κ1) is 14.5. The van der Waals surface area contributed by atoms with E-state index in [9.17, 15) is 5.11 Å². The largest absolute Gasteiger partial charge is 0.388 e. The minimum absolute atomic E-state index is 0.365. The van der Waals surface area contributed by atoms with E-state index >= 15 is 0 Å². The van der Waals surface area contributed by atoms with Crippen LogP contribution in [0, 0.1) is 5.92 Å². The Balaban J connectivity index is 2.22. The molecule has 0 bridgehead atoms. The van der Waals surface area contributed by atoms with Gasteiger partial charge in [-0.15, -0.1) is 0 Å². The molecule has 2 rings (SSSR count). The molecule has 3 nitrogen and oxygen atoms in total. The van der Waals surface area contributed by atoms with E-state index in [1.807, 2.05) is 24.3 Å². The predicted octanol–water partition coefficient (Wildman–Crippen LogP) is 3.59. The number of aliphatic hydroxyl groups excluding tert-OH is 1. The molecule has 1 atom stereocenters. The molecule has 3 heteroatoms. The van der Waals surface area contributed by atoms with Crippen LogP contribution in [0.3, 0.4) is 0 Å². The van der Waals surface area contributed by atoms with E-state index in [0.717, 1.165) is 24.0 Å². The lowest BCUT2D eigenvalue weighted by molar-refractivity contribution is -0.107. The van der Waals surface area contributed by atoms with Crippen LogP contribution in [-0.4, -0.2) is 19.3 Å². The van der Waals surface area contributed by atoms with Crippen molar-refractivity contribution in [3.63, 3.8) is 0 Å². The van der Waals surface area contributed by atoms with Crippen LogP contribution >= 0.6 is 0 Å². The molecule has 1 aliphatic carbocycles. The summed E-state index contributed by atoms with van der Waals surface area (Å²) in [4.78, 5) is 0. The summed E-state index contributed by atoms with van der Waals surface area (Å²) in [6.45, 7) is 0. The average molecular weight is 264 g/mol. The molecule has 1 fully saturated rings. The first-order valence-corrected chi connectivity index (χ1v) is 7.10. The Morgan fingerprint density at radius 1 is 1.00 bits per heavy atom. The summed E-state index contributed by atoms with van der Waals surface area (Å²) in [5, 5.41) is 10.7. The molecule has 0 heterocycles. The topological polar surface area (TPSA) is 38.7 Å². The third kappa shape index (κ3) is 3.35. The Morgan fingerprint density at radius 3 is 2.16 bits per heavy atom. The summed E-state index contributed by atoms with van der Waals surface area (Å²) in [5.74, 6) is 0.365. The maximum atomic E-state index is 10.7. The molecular weight excluding hydrogens is 240 g/mol. The molecule has 0 aliphatic heterocycles. The minimum Gasteiger partial charge on any atom is -0.388 e. The number of hydrogen-bond donors (Lipinski definition) is 1. The van der Waals surface area contributed by atoms with E-state index in [1.54, 1.807) is 14.2 Å². The van der Waals surface area contributed by atoms with Crippen LogP contribution in [0.25, 0.3) is 0 Å². The summed E-state index contributed by atoms with van der Waals surface area (Å²) in [5.41, 5.74) is 1.88. The second-order valence-corrected chi connectivity index (χ2v) is 5.28. The first-order chi connectivity index (χ1) is 9.27. The first-order valence-electron chi connectivity index (χ1n) is 7.10. The summed E-state index contributed by atoms with van der Waals surface area (Å²) in [6.07, 6.45) is 5.15. The molecule has 1 saturated carbocycles. The van der Waals surface area contributed by atoms with Gasteiger partial charge in [-0.2, -0.15) is 0 Å². The standard InChI is InChI=1S/C16H24O3/c1-18-16(19-2)14-11-7-6-10-13(14)15(17)12-8-4-3-5-9-12/h6-7,10-12,15-17H,3-5,8-9H2,1-2H3. The molecule has 1 unspecified atom stereocenters. The normalized spacial score (nSPS) is 18.7. The zero-order chi connectivity index (χ0) is 13.7. The number of rotatable bonds is 5. The fraction of sp³-hybridized carbons (Fsp3) is 0.625. The van der Waals surface area contributed by atoms with Gasteiger partial charge in [-0.25, -0.2) is 0 Å². The molecule has 0 amide bonds. The van der Waals surface area contributed by atoms with E-state index in [0.29, 0.717) is 5.92 Å². The lowest BCUT2D eigenvalue weighted by atomic mass is 9.81. The van der Waals surface area contributed by atoms with Crippen LogP contribution < -0.4 is 0 Å². The van der Waals surface area contributed by atoms with Crippen LogP contribution in [0.2, 0.25) is 0 Å². The Bertz CT molecular complexity index is 381. The van der Waals surface area contributed by atoms with Crippen molar-refractivity contribution in [2.45, 2.75) is 44.5 Å². The molecule has 1 aromatic rings.